The van der Waals surface area contributed by atoms with Crippen LogP contribution in [0.25, 0.3) is 0 Å². The third-order valence-electron chi connectivity index (χ3n) is 7.64. The smallest absolute Gasteiger partial charge is 0.319 e. The second-order valence-electron chi connectivity index (χ2n) is 10.9. The second kappa shape index (κ2) is 11.6. The number of nitrogens with zero attached hydrogens (tertiary/aromatic N) is 2. The molecule has 2 saturated carbocycles. The highest BCUT2D eigenvalue weighted by molar-refractivity contribution is 6.01. The fraction of sp³-hybridized carbons (Fsp3) is 0.704. The van der Waals surface area contributed by atoms with Crippen LogP contribution < -0.4 is 15.4 Å². The Hall–Kier alpha value is -2.32. The molecule has 1 heterocycles. The molecule has 4 rings (SSSR count). The predicted molar refractivity (Wildman–Crippen MR) is 137 cm³/mol. The maximum atomic E-state index is 13.6. The lowest BCUT2D eigenvalue weighted by molar-refractivity contribution is 0.0346. The van der Waals surface area contributed by atoms with Crippen molar-refractivity contribution in [3.05, 3.63) is 23.8 Å². The first-order valence-electron chi connectivity index (χ1n) is 13.3. The van der Waals surface area contributed by atoms with E-state index in [0.717, 1.165) is 44.7 Å². The highest BCUT2D eigenvalue weighted by atomic mass is 16.5. The number of anilines is 1. The van der Waals surface area contributed by atoms with Gasteiger partial charge in [-0.05, 0) is 57.7 Å². The molecule has 1 aromatic rings. The minimum atomic E-state index is -0.313. The number of urea groups is 1. The van der Waals surface area contributed by atoms with Gasteiger partial charge in [0.25, 0.3) is 5.91 Å². The van der Waals surface area contributed by atoms with E-state index in [1.165, 1.54) is 19.3 Å². The van der Waals surface area contributed by atoms with E-state index < -0.39 is 0 Å². The zero-order chi connectivity index (χ0) is 24.9. The molecule has 2 aliphatic carbocycles. The summed E-state index contributed by atoms with van der Waals surface area (Å²) in [5.41, 5.74) is 0.923. The summed E-state index contributed by atoms with van der Waals surface area (Å²) in [6.07, 6.45) is 7.89. The topological polar surface area (TPSA) is 94.1 Å². The highest BCUT2D eigenvalue weighted by Gasteiger charge is 2.35. The number of aliphatic hydroxyl groups excluding tert-OH is 1. The lowest BCUT2D eigenvalue weighted by Gasteiger charge is -2.38. The first-order valence-corrected chi connectivity index (χ1v) is 13.3. The number of aliphatic hydroxyl groups is 1. The van der Waals surface area contributed by atoms with Crippen molar-refractivity contribution < 1.29 is 19.4 Å². The predicted octanol–water partition coefficient (Wildman–Crippen LogP) is 3.70. The Morgan fingerprint density at radius 3 is 2.63 bits per heavy atom. The zero-order valence-corrected chi connectivity index (χ0v) is 21.5. The molecule has 194 valence electrons. The molecule has 8 nitrogen and oxygen atoms in total. The summed E-state index contributed by atoms with van der Waals surface area (Å²) in [7, 11) is 2.12. The van der Waals surface area contributed by atoms with Gasteiger partial charge in [0, 0.05) is 31.6 Å². The molecule has 0 saturated heterocycles. The molecule has 1 aliphatic heterocycles. The van der Waals surface area contributed by atoms with Crippen LogP contribution in [-0.4, -0.2) is 78.3 Å². The van der Waals surface area contributed by atoms with Crippen molar-refractivity contribution in [1.29, 1.82) is 0 Å². The molecule has 0 radical (unpaired) electrons. The summed E-state index contributed by atoms with van der Waals surface area (Å²) in [6.45, 7) is 6.12. The van der Waals surface area contributed by atoms with Crippen molar-refractivity contribution >= 4 is 17.6 Å². The SMILES string of the molecule is C[C@H]1CN([C@@H](C)CO)C(=O)c2cccc(NC(=O)NC3CCCCC3)c2O[C@@H]1CN(C)CC1CC1. The number of hydrogen-bond acceptors (Lipinski definition) is 5. The fourth-order valence-electron chi connectivity index (χ4n) is 5.27. The van der Waals surface area contributed by atoms with Gasteiger partial charge in [0.15, 0.2) is 5.75 Å². The number of hydrogen-bond donors (Lipinski definition) is 3. The van der Waals surface area contributed by atoms with Gasteiger partial charge in [-0.1, -0.05) is 32.3 Å². The van der Waals surface area contributed by atoms with Gasteiger partial charge in [-0.3, -0.25) is 4.79 Å². The fourth-order valence-corrected chi connectivity index (χ4v) is 5.27. The van der Waals surface area contributed by atoms with Crippen LogP contribution in [0.15, 0.2) is 18.2 Å². The van der Waals surface area contributed by atoms with Gasteiger partial charge in [-0.15, -0.1) is 0 Å². The summed E-state index contributed by atoms with van der Waals surface area (Å²) in [5.74, 6) is 1.05. The third kappa shape index (κ3) is 6.67. The highest BCUT2D eigenvalue weighted by Crippen LogP contribution is 2.35. The summed E-state index contributed by atoms with van der Waals surface area (Å²) < 4.78 is 6.58. The Balaban J connectivity index is 1.59. The summed E-state index contributed by atoms with van der Waals surface area (Å²) in [5, 5.41) is 15.9. The minimum absolute atomic E-state index is 0.0480. The molecule has 0 bridgehead atoms. The first kappa shape index (κ1) is 25.8. The first-order chi connectivity index (χ1) is 16.9. The Bertz CT molecular complexity index is 884. The molecule has 3 atom stereocenters. The number of nitrogens with one attached hydrogen (secondary N) is 2. The molecule has 2 fully saturated rings. The summed E-state index contributed by atoms with van der Waals surface area (Å²) in [4.78, 5) is 30.5. The molecule has 3 amide bonds. The number of amides is 3. The number of fused-ring (bicyclic) bond motifs is 1. The van der Waals surface area contributed by atoms with Crippen LogP contribution in [0.1, 0.15) is 69.2 Å². The van der Waals surface area contributed by atoms with Crippen molar-refractivity contribution in [2.75, 3.05) is 38.6 Å². The second-order valence-corrected chi connectivity index (χ2v) is 10.9. The van der Waals surface area contributed by atoms with E-state index in [-0.39, 0.29) is 42.7 Å². The molecule has 0 unspecified atom stereocenters. The third-order valence-corrected chi connectivity index (χ3v) is 7.64. The quantitative estimate of drug-likeness (QED) is 0.521. The number of carbonyl (C=O) groups is 2. The van der Waals surface area contributed by atoms with Crippen LogP contribution >= 0.6 is 0 Å². The molecule has 3 aliphatic rings. The summed E-state index contributed by atoms with van der Waals surface area (Å²) in [6, 6.07) is 4.92. The van der Waals surface area contributed by atoms with Gasteiger partial charge in [0.05, 0.1) is 23.9 Å². The number of likely N-dealkylation sites (N-methyl/N-ethyl adjacent to an activating group) is 1. The van der Waals surface area contributed by atoms with E-state index in [9.17, 15) is 14.7 Å². The van der Waals surface area contributed by atoms with Crippen molar-refractivity contribution in [3.8, 4) is 5.75 Å². The van der Waals surface area contributed by atoms with E-state index in [4.69, 9.17) is 4.74 Å². The van der Waals surface area contributed by atoms with E-state index in [0.29, 0.717) is 23.5 Å². The van der Waals surface area contributed by atoms with Crippen LogP contribution in [0.2, 0.25) is 0 Å². The zero-order valence-electron chi connectivity index (χ0n) is 21.5. The van der Waals surface area contributed by atoms with Crippen LogP contribution in [0.5, 0.6) is 5.75 Å². The molecule has 35 heavy (non-hydrogen) atoms. The maximum Gasteiger partial charge on any atom is 0.319 e. The standard InChI is InChI=1S/C27H42N4O4/c1-18-14-31(19(2)17-32)26(33)22-10-7-11-23(29-27(34)28-21-8-5-4-6-9-21)25(22)35-24(18)16-30(3)15-20-12-13-20/h7,10-11,18-21,24,32H,4-6,8-9,12-17H2,1-3H3,(H2,28,29,34)/t18-,19-,24+/m0/s1. The van der Waals surface area contributed by atoms with E-state index >= 15 is 0 Å². The van der Waals surface area contributed by atoms with Gasteiger partial charge in [0.1, 0.15) is 6.10 Å². The minimum Gasteiger partial charge on any atom is -0.486 e. The normalized spacial score (nSPS) is 24.3. The van der Waals surface area contributed by atoms with Crippen molar-refractivity contribution in [1.82, 2.24) is 15.1 Å². The Morgan fingerprint density at radius 2 is 1.94 bits per heavy atom. The van der Waals surface area contributed by atoms with Gasteiger partial charge in [0.2, 0.25) is 0 Å². The Morgan fingerprint density at radius 1 is 1.20 bits per heavy atom. The molecule has 3 N–H and O–H groups in total. The Kier molecular flexibility index (Phi) is 8.55. The number of ether oxygens (including phenoxy) is 1. The molecule has 0 spiro atoms. The average Bonchev–Trinajstić information content (AvgIpc) is 3.65. The van der Waals surface area contributed by atoms with Gasteiger partial charge in [-0.25, -0.2) is 4.79 Å². The van der Waals surface area contributed by atoms with Crippen LogP contribution in [0.4, 0.5) is 10.5 Å². The van der Waals surface area contributed by atoms with Crippen LogP contribution in [0.3, 0.4) is 0 Å². The molecule has 0 aromatic heterocycles. The monoisotopic (exact) mass is 486 g/mol. The van der Waals surface area contributed by atoms with Crippen molar-refractivity contribution in [2.45, 2.75) is 77.0 Å². The average molecular weight is 487 g/mol. The number of benzene rings is 1. The van der Waals surface area contributed by atoms with Gasteiger partial charge < -0.3 is 30.3 Å². The molecule has 8 heteroatoms. The molecular weight excluding hydrogens is 444 g/mol. The van der Waals surface area contributed by atoms with E-state index in [2.05, 4.69) is 29.5 Å². The number of rotatable bonds is 8. The maximum absolute atomic E-state index is 13.6. The van der Waals surface area contributed by atoms with Crippen LogP contribution in [0, 0.1) is 11.8 Å². The van der Waals surface area contributed by atoms with Gasteiger partial charge in [-0.2, -0.15) is 0 Å². The Labute approximate surface area is 209 Å². The summed E-state index contributed by atoms with van der Waals surface area (Å²) >= 11 is 0. The van der Waals surface area contributed by atoms with E-state index in [1.54, 1.807) is 23.1 Å². The van der Waals surface area contributed by atoms with Crippen molar-refractivity contribution in [3.63, 3.8) is 0 Å². The molecule has 1 aromatic carbocycles. The van der Waals surface area contributed by atoms with Crippen molar-refractivity contribution in [2.24, 2.45) is 11.8 Å². The molecular formula is C27H42N4O4. The lowest BCUT2D eigenvalue weighted by Crippen LogP contribution is -2.50. The number of carbonyl (C=O) groups excluding carboxylic acids is 2. The number of para-hydroxylation sites is 1. The van der Waals surface area contributed by atoms with Gasteiger partial charge >= 0.3 is 6.03 Å². The largest absolute Gasteiger partial charge is 0.486 e. The van der Waals surface area contributed by atoms with Crippen LogP contribution in [-0.2, 0) is 0 Å². The lowest BCUT2D eigenvalue weighted by atomic mass is 9.96. The van der Waals surface area contributed by atoms with E-state index in [1.807, 2.05) is 6.92 Å².